The Labute approximate surface area is 121 Å². The molecule has 1 nitrogen and oxygen atoms in total. The number of aryl methyl sites for hydroxylation is 2. The van der Waals surface area contributed by atoms with E-state index in [0.29, 0.717) is 11.3 Å². The minimum Gasteiger partial charge on any atom is -0.374 e. The van der Waals surface area contributed by atoms with Crippen molar-refractivity contribution < 1.29 is 0 Å². The van der Waals surface area contributed by atoms with Gasteiger partial charge in [-0.15, -0.1) is 0 Å². The fraction of sp³-hybridized carbons (Fsp3) is 0.625. The third-order valence-electron chi connectivity index (χ3n) is 3.55. The van der Waals surface area contributed by atoms with E-state index in [-0.39, 0.29) is 0 Å². The van der Waals surface area contributed by atoms with E-state index in [0.717, 1.165) is 11.9 Å². The van der Waals surface area contributed by atoms with E-state index in [1.165, 1.54) is 16.8 Å². The van der Waals surface area contributed by atoms with Crippen LogP contribution in [0.25, 0.3) is 0 Å². The van der Waals surface area contributed by atoms with Crippen LogP contribution in [0.4, 0.5) is 5.69 Å². The van der Waals surface area contributed by atoms with Crippen molar-refractivity contribution in [3.05, 3.63) is 29.3 Å². The normalized spacial score (nSPS) is 13.5. The second-order valence-electron chi connectivity index (χ2n) is 6.44. The molecule has 1 unspecified atom stereocenters. The number of hydrogen-bond acceptors (Lipinski definition) is 1. The highest BCUT2D eigenvalue weighted by molar-refractivity contribution is 9.09. The van der Waals surface area contributed by atoms with Gasteiger partial charge in [-0.1, -0.05) is 42.8 Å². The van der Waals surface area contributed by atoms with Crippen LogP contribution in [0.5, 0.6) is 0 Å². The molecule has 0 heterocycles. The Morgan fingerprint density at radius 3 is 2.00 bits per heavy atom. The molecule has 2 heteroatoms. The molecule has 0 saturated heterocycles. The van der Waals surface area contributed by atoms with E-state index >= 15 is 0 Å². The minimum atomic E-state index is 0.330. The van der Waals surface area contributed by atoms with E-state index in [1.807, 2.05) is 0 Å². The molecule has 0 aliphatic rings. The van der Waals surface area contributed by atoms with Crippen molar-refractivity contribution in [3.8, 4) is 0 Å². The van der Waals surface area contributed by atoms with Crippen molar-refractivity contribution >= 4 is 21.6 Å². The molecule has 0 amide bonds. The summed E-state index contributed by atoms with van der Waals surface area (Å²) in [4.78, 5) is 2.37. The van der Waals surface area contributed by atoms with Gasteiger partial charge in [-0.25, -0.2) is 0 Å². The predicted molar refractivity (Wildman–Crippen MR) is 85.9 cm³/mol. The van der Waals surface area contributed by atoms with Crippen molar-refractivity contribution in [1.29, 1.82) is 0 Å². The maximum Gasteiger partial charge on any atom is 0.0369 e. The zero-order valence-electron chi connectivity index (χ0n) is 12.5. The third kappa shape index (κ3) is 4.31. The third-order valence-corrected chi connectivity index (χ3v) is 4.33. The van der Waals surface area contributed by atoms with Gasteiger partial charge in [0.1, 0.15) is 0 Å². The molecular weight excluding hydrogens is 286 g/mol. The van der Waals surface area contributed by atoms with Gasteiger partial charge in [0.25, 0.3) is 0 Å². The minimum absolute atomic E-state index is 0.330. The summed E-state index contributed by atoms with van der Waals surface area (Å²) in [5, 5.41) is 1.05. The van der Waals surface area contributed by atoms with Crippen LogP contribution in [-0.4, -0.2) is 18.9 Å². The molecule has 0 fully saturated rings. The van der Waals surface area contributed by atoms with E-state index in [2.05, 4.69) is 80.7 Å². The van der Waals surface area contributed by atoms with Crippen LogP contribution in [0.3, 0.4) is 0 Å². The second kappa shape index (κ2) is 6.10. The van der Waals surface area contributed by atoms with Gasteiger partial charge in [0.05, 0.1) is 0 Å². The van der Waals surface area contributed by atoms with E-state index in [1.54, 1.807) is 0 Å². The number of halogens is 1. The van der Waals surface area contributed by atoms with E-state index in [9.17, 15) is 0 Å². The lowest BCUT2D eigenvalue weighted by atomic mass is 9.82. The summed E-state index contributed by atoms with van der Waals surface area (Å²) >= 11 is 3.65. The number of nitrogens with zero attached hydrogens (tertiary/aromatic N) is 1. The summed E-state index contributed by atoms with van der Waals surface area (Å²) in [6.45, 7) is 12.3. The van der Waals surface area contributed by atoms with Crippen molar-refractivity contribution in [3.63, 3.8) is 0 Å². The second-order valence-corrected chi connectivity index (χ2v) is 7.09. The SMILES string of the molecule is Cc1cc(C)cc(N(C)CC(CBr)C(C)(C)C)c1. The number of rotatable bonds is 4. The summed E-state index contributed by atoms with van der Waals surface area (Å²) in [5.74, 6) is 0.642. The topological polar surface area (TPSA) is 3.24 Å². The molecule has 0 N–H and O–H groups in total. The van der Waals surface area contributed by atoms with Gasteiger partial charge in [0.15, 0.2) is 0 Å². The number of hydrogen-bond donors (Lipinski definition) is 0. The van der Waals surface area contributed by atoms with Crippen LogP contribution in [-0.2, 0) is 0 Å². The molecule has 0 radical (unpaired) electrons. The molecule has 102 valence electrons. The summed E-state index contributed by atoms with van der Waals surface area (Å²) < 4.78 is 0. The summed E-state index contributed by atoms with van der Waals surface area (Å²) in [5.41, 5.74) is 4.32. The molecule has 1 atom stereocenters. The predicted octanol–water partition coefficient (Wildman–Crippen LogP) is 4.80. The van der Waals surface area contributed by atoms with Crippen LogP contribution >= 0.6 is 15.9 Å². The first kappa shape index (κ1) is 15.6. The first-order valence-corrected chi connectivity index (χ1v) is 7.71. The lowest BCUT2D eigenvalue weighted by Crippen LogP contribution is -2.34. The highest BCUT2D eigenvalue weighted by Crippen LogP contribution is 2.29. The lowest BCUT2D eigenvalue weighted by molar-refractivity contribution is 0.273. The molecule has 0 saturated carbocycles. The Balaban J connectivity index is 2.84. The van der Waals surface area contributed by atoms with Crippen molar-refractivity contribution in [2.24, 2.45) is 11.3 Å². The molecule has 0 aromatic heterocycles. The zero-order chi connectivity index (χ0) is 13.9. The van der Waals surface area contributed by atoms with Crippen LogP contribution in [0.2, 0.25) is 0 Å². The van der Waals surface area contributed by atoms with Crippen molar-refractivity contribution in [2.75, 3.05) is 23.8 Å². The van der Waals surface area contributed by atoms with Gasteiger partial charge in [0, 0.05) is 24.6 Å². The number of anilines is 1. The molecule has 1 aromatic rings. The molecule has 0 aliphatic heterocycles. The Bertz CT molecular complexity index is 372. The van der Waals surface area contributed by atoms with Gasteiger partial charge >= 0.3 is 0 Å². The fourth-order valence-corrected chi connectivity index (χ4v) is 3.34. The maximum absolute atomic E-state index is 3.65. The van der Waals surface area contributed by atoms with Crippen LogP contribution in [0.15, 0.2) is 18.2 Å². The van der Waals surface area contributed by atoms with Crippen molar-refractivity contribution in [2.45, 2.75) is 34.6 Å². The average molecular weight is 312 g/mol. The molecular formula is C16H26BrN. The monoisotopic (exact) mass is 311 g/mol. The highest BCUT2D eigenvalue weighted by Gasteiger charge is 2.24. The van der Waals surface area contributed by atoms with Crippen LogP contribution < -0.4 is 4.90 Å². The standard InChI is InChI=1S/C16H26BrN/c1-12-7-13(2)9-15(8-12)18(6)11-14(10-17)16(3,4)5/h7-9,14H,10-11H2,1-6H3. The fourth-order valence-electron chi connectivity index (χ4n) is 2.16. The van der Waals surface area contributed by atoms with Crippen LogP contribution in [0.1, 0.15) is 31.9 Å². The lowest BCUT2D eigenvalue weighted by Gasteiger charge is -2.34. The first-order valence-electron chi connectivity index (χ1n) is 6.59. The molecule has 0 bridgehead atoms. The van der Waals surface area contributed by atoms with Gasteiger partial charge in [-0.2, -0.15) is 0 Å². The Morgan fingerprint density at radius 1 is 1.11 bits per heavy atom. The van der Waals surface area contributed by atoms with Gasteiger partial charge < -0.3 is 4.90 Å². The Morgan fingerprint density at radius 2 is 1.61 bits per heavy atom. The molecule has 0 spiro atoms. The smallest absolute Gasteiger partial charge is 0.0369 e. The number of benzene rings is 1. The molecule has 0 aliphatic carbocycles. The van der Waals surface area contributed by atoms with Gasteiger partial charge in [-0.05, 0) is 48.4 Å². The summed E-state index contributed by atoms with van der Waals surface area (Å²) in [7, 11) is 2.19. The van der Waals surface area contributed by atoms with E-state index < -0.39 is 0 Å². The number of alkyl halides is 1. The molecule has 1 rings (SSSR count). The maximum atomic E-state index is 3.65. The van der Waals surface area contributed by atoms with Crippen molar-refractivity contribution in [1.82, 2.24) is 0 Å². The van der Waals surface area contributed by atoms with Gasteiger partial charge in [-0.3, -0.25) is 0 Å². The Kier molecular flexibility index (Phi) is 5.27. The van der Waals surface area contributed by atoms with Gasteiger partial charge in [0.2, 0.25) is 0 Å². The van der Waals surface area contributed by atoms with Crippen LogP contribution in [0, 0.1) is 25.2 Å². The molecule has 18 heavy (non-hydrogen) atoms. The summed E-state index contributed by atoms with van der Waals surface area (Å²) in [6, 6.07) is 6.75. The molecule has 1 aromatic carbocycles. The first-order chi connectivity index (χ1) is 8.24. The summed E-state index contributed by atoms with van der Waals surface area (Å²) in [6.07, 6.45) is 0. The van der Waals surface area contributed by atoms with E-state index in [4.69, 9.17) is 0 Å². The highest BCUT2D eigenvalue weighted by atomic mass is 79.9. The average Bonchev–Trinajstić information content (AvgIpc) is 2.22. The largest absolute Gasteiger partial charge is 0.374 e. The zero-order valence-corrected chi connectivity index (χ0v) is 14.1. The Hall–Kier alpha value is -0.500. The quantitative estimate of drug-likeness (QED) is 0.722.